The second kappa shape index (κ2) is 3.82. The molecule has 74 valence electrons. The third-order valence-electron chi connectivity index (χ3n) is 3.06. The van der Waals surface area contributed by atoms with Crippen molar-refractivity contribution in [3.63, 3.8) is 0 Å². The summed E-state index contributed by atoms with van der Waals surface area (Å²) in [6.45, 7) is 0. The smallest absolute Gasteiger partial charge is 0.307 e. The highest BCUT2D eigenvalue weighted by atomic mass is 16.4. The third-order valence-corrected chi connectivity index (χ3v) is 3.06. The van der Waals surface area contributed by atoms with Crippen molar-refractivity contribution in [1.29, 1.82) is 0 Å². The molecule has 0 spiro atoms. The fourth-order valence-electron chi connectivity index (χ4n) is 2.35. The first-order valence-corrected chi connectivity index (χ1v) is 5.07. The molecule has 0 radical (unpaired) electrons. The van der Waals surface area contributed by atoms with Crippen LogP contribution >= 0.6 is 0 Å². The van der Waals surface area contributed by atoms with Crippen molar-refractivity contribution in [3.05, 3.63) is 35.9 Å². The van der Waals surface area contributed by atoms with E-state index in [0.717, 1.165) is 19.3 Å². The maximum atomic E-state index is 11.0. The molecule has 0 heterocycles. The van der Waals surface area contributed by atoms with Crippen molar-refractivity contribution >= 4 is 5.97 Å². The van der Waals surface area contributed by atoms with E-state index in [-0.39, 0.29) is 11.8 Å². The van der Waals surface area contributed by atoms with Crippen molar-refractivity contribution in [2.45, 2.75) is 25.2 Å². The summed E-state index contributed by atoms with van der Waals surface area (Å²) in [4.78, 5) is 11.0. The number of carbonyl (C=O) groups is 1. The molecule has 1 saturated carbocycles. The first-order chi connectivity index (χ1) is 6.79. The minimum atomic E-state index is -0.642. The molecule has 0 amide bonds. The molecule has 1 aromatic carbocycles. The summed E-state index contributed by atoms with van der Waals surface area (Å²) in [7, 11) is 0. The van der Waals surface area contributed by atoms with Gasteiger partial charge in [-0.1, -0.05) is 36.8 Å². The van der Waals surface area contributed by atoms with Crippen LogP contribution in [0.1, 0.15) is 30.7 Å². The Balaban J connectivity index is 2.22. The maximum Gasteiger partial charge on any atom is 0.307 e. The molecule has 0 bridgehead atoms. The molecule has 2 unspecified atom stereocenters. The van der Waals surface area contributed by atoms with Crippen molar-refractivity contribution in [1.82, 2.24) is 0 Å². The quantitative estimate of drug-likeness (QED) is 0.778. The van der Waals surface area contributed by atoms with Crippen molar-refractivity contribution in [2.75, 3.05) is 0 Å². The van der Waals surface area contributed by atoms with Gasteiger partial charge in [-0.2, -0.15) is 0 Å². The molecule has 0 aliphatic heterocycles. The van der Waals surface area contributed by atoms with Crippen molar-refractivity contribution < 1.29 is 9.90 Å². The number of carboxylic acids is 1. The van der Waals surface area contributed by atoms with Gasteiger partial charge in [0, 0.05) is 0 Å². The lowest BCUT2D eigenvalue weighted by Crippen LogP contribution is -2.16. The Morgan fingerprint density at radius 2 is 1.93 bits per heavy atom. The Morgan fingerprint density at radius 3 is 2.57 bits per heavy atom. The van der Waals surface area contributed by atoms with Gasteiger partial charge in [0.15, 0.2) is 0 Å². The lowest BCUT2D eigenvalue weighted by Gasteiger charge is -2.15. The van der Waals surface area contributed by atoms with Crippen LogP contribution in [0.25, 0.3) is 0 Å². The minimum Gasteiger partial charge on any atom is -0.481 e. The number of rotatable bonds is 2. The van der Waals surface area contributed by atoms with Gasteiger partial charge in [0.05, 0.1) is 5.92 Å². The second-order valence-electron chi connectivity index (χ2n) is 3.89. The summed E-state index contributed by atoms with van der Waals surface area (Å²) >= 11 is 0. The van der Waals surface area contributed by atoms with Gasteiger partial charge in [0.1, 0.15) is 0 Å². The predicted molar refractivity (Wildman–Crippen MR) is 54.2 cm³/mol. The van der Waals surface area contributed by atoms with E-state index in [1.165, 1.54) is 5.56 Å². The molecule has 1 aromatic rings. The SMILES string of the molecule is O=C(O)C1CCCC1c1ccccc1. The Kier molecular flexibility index (Phi) is 2.53. The van der Waals surface area contributed by atoms with Crippen LogP contribution in [0.15, 0.2) is 30.3 Å². The monoisotopic (exact) mass is 190 g/mol. The molecule has 1 N–H and O–H groups in total. The van der Waals surface area contributed by atoms with E-state index in [9.17, 15) is 4.79 Å². The number of carboxylic acid groups (broad SMARTS) is 1. The molecule has 2 heteroatoms. The summed E-state index contributed by atoms with van der Waals surface area (Å²) < 4.78 is 0. The van der Waals surface area contributed by atoms with Crippen LogP contribution in [0.4, 0.5) is 0 Å². The molecule has 0 saturated heterocycles. The van der Waals surface area contributed by atoms with E-state index < -0.39 is 5.97 Å². The van der Waals surface area contributed by atoms with Crippen LogP contribution in [0.3, 0.4) is 0 Å². The highest BCUT2D eigenvalue weighted by Gasteiger charge is 2.33. The lowest BCUT2D eigenvalue weighted by molar-refractivity contribution is -0.142. The van der Waals surface area contributed by atoms with Crippen LogP contribution in [0, 0.1) is 5.92 Å². The van der Waals surface area contributed by atoms with Gasteiger partial charge < -0.3 is 5.11 Å². The zero-order valence-corrected chi connectivity index (χ0v) is 8.02. The van der Waals surface area contributed by atoms with Gasteiger partial charge in [0.2, 0.25) is 0 Å². The Labute approximate surface area is 83.6 Å². The first kappa shape index (κ1) is 9.25. The number of hydrogen-bond acceptors (Lipinski definition) is 1. The molecule has 2 rings (SSSR count). The molecular formula is C12H14O2. The summed E-state index contributed by atoms with van der Waals surface area (Å²) in [5.74, 6) is -0.581. The molecule has 1 aliphatic rings. The van der Waals surface area contributed by atoms with E-state index in [1.54, 1.807) is 0 Å². The summed E-state index contributed by atoms with van der Waals surface area (Å²) in [6, 6.07) is 9.99. The molecule has 2 nitrogen and oxygen atoms in total. The van der Waals surface area contributed by atoms with E-state index in [0.29, 0.717) is 0 Å². The standard InChI is InChI=1S/C12H14O2/c13-12(14)11-8-4-7-10(11)9-5-2-1-3-6-9/h1-3,5-6,10-11H,4,7-8H2,(H,13,14). The van der Waals surface area contributed by atoms with Gasteiger partial charge in [-0.3, -0.25) is 4.79 Å². The normalized spacial score (nSPS) is 26.3. The maximum absolute atomic E-state index is 11.0. The van der Waals surface area contributed by atoms with E-state index >= 15 is 0 Å². The highest BCUT2D eigenvalue weighted by molar-refractivity contribution is 5.71. The van der Waals surface area contributed by atoms with Gasteiger partial charge in [0.25, 0.3) is 0 Å². The Bertz CT molecular complexity index is 318. The molecule has 1 fully saturated rings. The van der Waals surface area contributed by atoms with E-state index in [4.69, 9.17) is 5.11 Å². The summed E-state index contributed by atoms with van der Waals surface area (Å²) in [5, 5.41) is 9.04. The largest absolute Gasteiger partial charge is 0.481 e. The molecule has 0 aromatic heterocycles. The minimum absolute atomic E-state index is 0.169. The molecular weight excluding hydrogens is 176 g/mol. The van der Waals surface area contributed by atoms with Crippen LogP contribution in [0.2, 0.25) is 0 Å². The molecule has 1 aliphatic carbocycles. The van der Waals surface area contributed by atoms with Crippen molar-refractivity contribution in [3.8, 4) is 0 Å². The Hall–Kier alpha value is -1.31. The number of aliphatic carboxylic acids is 1. The lowest BCUT2D eigenvalue weighted by atomic mass is 9.89. The summed E-state index contributed by atoms with van der Waals surface area (Å²) in [5.41, 5.74) is 1.18. The number of hydrogen-bond donors (Lipinski definition) is 1. The van der Waals surface area contributed by atoms with Gasteiger partial charge in [-0.25, -0.2) is 0 Å². The van der Waals surface area contributed by atoms with Crippen LogP contribution in [-0.2, 0) is 4.79 Å². The average Bonchev–Trinajstić information content (AvgIpc) is 2.67. The number of benzene rings is 1. The zero-order chi connectivity index (χ0) is 9.97. The second-order valence-corrected chi connectivity index (χ2v) is 3.89. The Morgan fingerprint density at radius 1 is 1.21 bits per heavy atom. The first-order valence-electron chi connectivity index (χ1n) is 5.07. The van der Waals surface area contributed by atoms with Gasteiger partial charge >= 0.3 is 5.97 Å². The van der Waals surface area contributed by atoms with Crippen LogP contribution in [0.5, 0.6) is 0 Å². The van der Waals surface area contributed by atoms with E-state index in [1.807, 2.05) is 30.3 Å². The molecule has 2 atom stereocenters. The predicted octanol–water partition coefficient (Wildman–Crippen LogP) is 2.65. The van der Waals surface area contributed by atoms with Crippen molar-refractivity contribution in [2.24, 2.45) is 5.92 Å². The van der Waals surface area contributed by atoms with Gasteiger partial charge in [-0.15, -0.1) is 0 Å². The third kappa shape index (κ3) is 1.65. The topological polar surface area (TPSA) is 37.3 Å². The van der Waals surface area contributed by atoms with Crippen LogP contribution in [-0.4, -0.2) is 11.1 Å². The zero-order valence-electron chi connectivity index (χ0n) is 8.02. The highest BCUT2D eigenvalue weighted by Crippen LogP contribution is 2.39. The average molecular weight is 190 g/mol. The fraction of sp³-hybridized carbons (Fsp3) is 0.417. The molecule has 14 heavy (non-hydrogen) atoms. The van der Waals surface area contributed by atoms with Gasteiger partial charge in [-0.05, 0) is 24.3 Å². The summed E-state index contributed by atoms with van der Waals surface area (Å²) in [6.07, 6.45) is 2.88. The van der Waals surface area contributed by atoms with Crippen LogP contribution < -0.4 is 0 Å². The van der Waals surface area contributed by atoms with E-state index in [2.05, 4.69) is 0 Å². The fourth-order valence-corrected chi connectivity index (χ4v) is 2.35.